The molecule has 1 unspecified atom stereocenters. The molecule has 1 aliphatic rings. The van der Waals surface area contributed by atoms with E-state index in [0.717, 1.165) is 29.8 Å². The van der Waals surface area contributed by atoms with Crippen LogP contribution in [0, 0.1) is 6.92 Å². The lowest BCUT2D eigenvalue weighted by Gasteiger charge is -2.19. The third-order valence-electron chi connectivity index (χ3n) is 3.19. The summed E-state index contributed by atoms with van der Waals surface area (Å²) in [6.45, 7) is 6.87. The van der Waals surface area contributed by atoms with E-state index in [0.29, 0.717) is 6.61 Å². The predicted octanol–water partition coefficient (Wildman–Crippen LogP) is 2.91. The van der Waals surface area contributed by atoms with Crippen LogP contribution in [0.25, 0.3) is 0 Å². The Labute approximate surface area is 103 Å². The Balaban J connectivity index is 1.92. The Morgan fingerprint density at radius 1 is 1.47 bits per heavy atom. The summed E-state index contributed by atoms with van der Waals surface area (Å²) in [5, 5.41) is 0. The number of nitrogens with two attached hydrogens (primary N) is 1. The van der Waals surface area contributed by atoms with Crippen LogP contribution in [-0.2, 0) is 4.74 Å². The van der Waals surface area contributed by atoms with E-state index in [1.54, 1.807) is 0 Å². The van der Waals surface area contributed by atoms with Crippen molar-refractivity contribution < 1.29 is 9.47 Å². The second-order valence-corrected chi connectivity index (χ2v) is 5.37. The molecule has 0 aromatic heterocycles. The Kier molecular flexibility index (Phi) is 3.29. The van der Waals surface area contributed by atoms with E-state index in [2.05, 4.69) is 13.8 Å². The van der Waals surface area contributed by atoms with Crippen LogP contribution in [-0.4, -0.2) is 18.3 Å². The van der Waals surface area contributed by atoms with Gasteiger partial charge in [-0.25, -0.2) is 0 Å². The summed E-state index contributed by atoms with van der Waals surface area (Å²) in [6.07, 6.45) is 2.36. The lowest BCUT2D eigenvalue weighted by Crippen LogP contribution is -2.24. The van der Waals surface area contributed by atoms with Crippen molar-refractivity contribution in [2.24, 2.45) is 0 Å². The topological polar surface area (TPSA) is 44.5 Å². The fourth-order valence-corrected chi connectivity index (χ4v) is 2.15. The molecule has 0 radical (unpaired) electrons. The zero-order valence-electron chi connectivity index (χ0n) is 10.8. The molecule has 2 N–H and O–H groups in total. The summed E-state index contributed by atoms with van der Waals surface area (Å²) in [4.78, 5) is 0. The summed E-state index contributed by atoms with van der Waals surface area (Å²) >= 11 is 0. The molecule has 1 saturated heterocycles. The predicted molar refractivity (Wildman–Crippen MR) is 69.3 cm³/mol. The molecule has 2 rings (SSSR count). The number of hydrogen-bond acceptors (Lipinski definition) is 3. The van der Waals surface area contributed by atoms with Gasteiger partial charge in [-0.3, -0.25) is 0 Å². The number of anilines is 1. The van der Waals surface area contributed by atoms with Gasteiger partial charge in [-0.15, -0.1) is 0 Å². The van der Waals surface area contributed by atoms with Crippen LogP contribution in [0.3, 0.4) is 0 Å². The fourth-order valence-electron chi connectivity index (χ4n) is 2.15. The van der Waals surface area contributed by atoms with E-state index < -0.39 is 0 Å². The fraction of sp³-hybridized carbons (Fsp3) is 0.571. The molecule has 0 aliphatic carbocycles. The average molecular weight is 235 g/mol. The van der Waals surface area contributed by atoms with Gasteiger partial charge < -0.3 is 15.2 Å². The average Bonchev–Trinajstić information content (AvgIpc) is 2.60. The zero-order chi connectivity index (χ0) is 12.5. The SMILES string of the molecule is Cc1ccc(N)cc1OCC1CCC(C)(C)O1. The van der Waals surface area contributed by atoms with Gasteiger partial charge in [0.25, 0.3) is 0 Å². The highest BCUT2D eigenvalue weighted by atomic mass is 16.6. The molecule has 1 heterocycles. The van der Waals surface area contributed by atoms with Crippen molar-refractivity contribution in [2.75, 3.05) is 12.3 Å². The van der Waals surface area contributed by atoms with Gasteiger partial charge in [0, 0.05) is 11.8 Å². The Hall–Kier alpha value is -1.22. The second kappa shape index (κ2) is 4.57. The number of aryl methyl sites for hydroxylation is 1. The summed E-state index contributed by atoms with van der Waals surface area (Å²) in [7, 11) is 0. The van der Waals surface area contributed by atoms with Crippen LogP contribution < -0.4 is 10.5 Å². The maximum atomic E-state index is 5.88. The van der Waals surface area contributed by atoms with E-state index in [1.165, 1.54) is 0 Å². The van der Waals surface area contributed by atoms with Crippen molar-refractivity contribution in [3.8, 4) is 5.75 Å². The summed E-state index contributed by atoms with van der Waals surface area (Å²) < 4.78 is 11.7. The molecular weight excluding hydrogens is 214 g/mol. The van der Waals surface area contributed by atoms with Gasteiger partial charge in [0.1, 0.15) is 12.4 Å². The van der Waals surface area contributed by atoms with Gasteiger partial charge in [-0.1, -0.05) is 6.07 Å². The number of rotatable bonds is 3. The van der Waals surface area contributed by atoms with E-state index in [4.69, 9.17) is 15.2 Å². The minimum absolute atomic E-state index is 0.00120. The van der Waals surface area contributed by atoms with Crippen molar-refractivity contribution >= 4 is 5.69 Å². The smallest absolute Gasteiger partial charge is 0.124 e. The molecule has 94 valence electrons. The van der Waals surface area contributed by atoms with Crippen molar-refractivity contribution in [1.29, 1.82) is 0 Å². The Morgan fingerprint density at radius 2 is 2.24 bits per heavy atom. The molecule has 0 bridgehead atoms. The first-order valence-electron chi connectivity index (χ1n) is 6.13. The van der Waals surface area contributed by atoms with Crippen LogP contribution >= 0.6 is 0 Å². The Bertz CT molecular complexity index is 401. The third-order valence-corrected chi connectivity index (χ3v) is 3.19. The molecule has 1 aromatic carbocycles. The lowest BCUT2D eigenvalue weighted by molar-refractivity contribution is -0.0327. The molecule has 0 saturated carbocycles. The monoisotopic (exact) mass is 235 g/mol. The quantitative estimate of drug-likeness (QED) is 0.819. The van der Waals surface area contributed by atoms with E-state index >= 15 is 0 Å². The lowest BCUT2D eigenvalue weighted by atomic mass is 10.1. The molecule has 0 amide bonds. The minimum atomic E-state index is -0.00120. The van der Waals surface area contributed by atoms with Crippen molar-refractivity contribution in [3.63, 3.8) is 0 Å². The van der Waals surface area contributed by atoms with Crippen LogP contribution in [0.5, 0.6) is 5.75 Å². The van der Waals surface area contributed by atoms with E-state index in [-0.39, 0.29) is 11.7 Å². The molecule has 1 fully saturated rings. The van der Waals surface area contributed by atoms with E-state index in [1.807, 2.05) is 25.1 Å². The summed E-state index contributed by atoms with van der Waals surface area (Å²) in [5.74, 6) is 0.860. The molecule has 1 aromatic rings. The number of ether oxygens (including phenoxy) is 2. The number of benzene rings is 1. The van der Waals surface area contributed by atoms with E-state index in [9.17, 15) is 0 Å². The number of hydrogen-bond donors (Lipinski definition) is 1. The third kappa shape index (κ3) is 3.13. The van der Waals surface area contributed by atoms with Crippen LogP contribution in [0.2, 0.25) is 0 Å². The van der Waals surface area contributed by atoms with Gasteiger partial charge in [0.2, 0.25) is 0 Å². The first kappa shape index (κ1) is 12.2. The van der Waals surface area contributed by atoms with Gasteiger partial charge >= 0.3 is 0 Å². The standard InChI is InChI=1S/C14H21NO2/c1-10-4-5-11(15)8-13(10)16-9-12-6-7-14(2,3)17-12/h4-5,8,12H,6-7,9,15H2,1-3H3. The van der Waals surface area contributed by atoms with Crippen molar-refractivity contribution in [3.05, 3.63) is 23.8 Å². The van der Waals surface area contributed by atoms with Crippen LogP contribution in [0.1, 0.15) is 32.3 Å². The first-order valence-corrected chi connectivity index (χ1v) is 6.13. The second-order valence-electron chi connectivity index (χ2n) is 5.37. The maximum absolute atomic E-state index is 5.88. The molecule has 1 aliphatic heterocycles. The minimum Gasteiger partial charge on any atom is -0.491 e. The maximum Gasteiger partial charge on any atom is 0.124 e. The number of nitrogen functional groups attached to an aromatic ring is 1. The van der Waals surface area contributed by atoms with Crippen molar-refractivity contribution in [2.45, 2.75) is 45.3 Å². The molecule has 3 nitrogen and oxygen atoms in total. The summed E-state index contributed by atoms with van der Waals surface area (Å²) in [5.41, 5.74) is 7.58. The summed E-state index contributed by atoms with van der Waals surface area (Å²) in [6, 6.07) is 5.73. The molecule has 1 atom stereocenters. The van der Waals surface area contributed by atoms with Gasteiger partial charge in [0.05, 0.1) is 11.7 Å². The largest absolute Gasteiger partial charge is 0.491 e. The highest BCUT2D eigenvalue weighted by molar-refractivity contribution is 5.47. The molecular formula is C14H21NO2. The molecule has 0 spiro atoms. The van der Waals surface area contributed by atoms with Gasteiger partial charge in [0.15, 0.2) is 0 Å². The zero-order valence-corrected chi connectivity index (χ0v) is 10.8. The highest BCUT2D eigenvalue weighted by Gasteiger charge is 2.31. The van der Waals surface area contributed by atoms with Crippen LogP contribution in [0.4, 0.5) is 5.69 Å². The Morgan fingerprint density at radius 3 is 2.88 bits per heavy atom. The van der Waals surface area contributed by atoms with Gasteiger partial charge in [-0.2, -0.15) is 0 Å². The first-order chi connectivity index (χ1) is 7.96. The molecule has 17 heavy (non-hydrogen) atoms. The highest BCUT2D eigenvalue weighted by Crippen LogP contribution is 2.30. The van der Waals surface area contributed by atoms with Crippen molar-refractivity contribution in [1.82, 2.24) is 0 Å². The van der Waals surface area contributed by atoms with Crippen LogP contribution in [0.15, 0.2) is 18.2 Å². The molecule has 3 heteroatoms. The van der Waals surface area contributed by atoms with Gasteiger partial charge in [-0.05, 0) is 45.2 Å². The normalized spacial score (nSPS) is 22.6.